The van der Waals surface area contributed by atoms with E-state index >= 15 is 0 Å². The molecule has 0 radical (unpaired) electrons. The van der Waals surface area contributed by atoms with Gasteiger partial charge < -0.3 is 10.5 Å². The lowest BCUT2D eigenvalue weighted by molar-refractivity contribution is 0.103. The highest BCUT2D eigenvalue weighted by Gasteiger charge is 2.17. The largest absolute Gasteiger partial charge is 0.496 e. The summed E-state index contributed by atoms with van der Waals surface area (Å²) in [4.78, 5) is 12.6. The Morgan fingerprint density at radius 2 is 2.00 bits per heavy atom. The van der Waals surface area contributed by atoms with Crippen molar-refractivity contribution < 1.29 is 9.53 Å². The molecule has 0 aromatic heterocycles. The minimum atomic E-state index is -0.163. The van der Waals surface area contributed by atoms with Gasteiger partial charge in [-0.25, -0.2) is 0 Å². The van der Waals surface area contributed by atoms with Crippen LogP contribution in [0.2, 0.25) is 5.02 Å². The SMILES string of the molecule is COc1cc(C)c(Br)cc1C(=O)c1ccc(N)c(Cl)c1. The molecule has 0 unspecified atom stereocenters. The number of rotatable bonds is 3. The first-order valence-corrected chi connectivity index (χ1v) is 7.05. The molecule has 20 heavy (non-hydrogen) atoms. The van der Waals surface area contributed by atoms with Crippen molar-refractivity contribution in [3.63, 3.8) is 0 Å². The van der Waals surface area contributed by atoms with E-state index in [0.717, 1.165) is 10.0 Å². The molecule has 2 aromatic rings. The first kappa shape index (κ1) is 14.9. The average molecular weight is 355 g/mol. The lowest BCUT2D eigenvalue weighted by atomic mass is 10.0. The molecule has 104 valence electrons. The van der Waals surface area contributed by atoms with E-state index in [1.807, 2.05) is 13.0 Å². The standard InChI is InChI=1S/C15H13BrClNO2/c1-8-5-14(20-2)10(7-11(8)16)15(19)9-3-4-13(18)12(17)6-9/h3-7H,18H2,1-2H3. The number of ketones is 1. The summed E-state index contributed by atoms with van der Waals surface area (Å²) in [6.07, 6.45) is 0. The van der Waals surface area contributed by atoms with Crippen LogP contribution < -0.4 is 10.5 Å². The molecule has 3 nitrogen and oxygen atoms in total. The Hall–Kier alpha value is -1.52. The maximum Gasteiger partial charge on any atom is 0.196 e. The maximum absolute atomic E-state index is 12.6. The van der Waals surface area contributed by atoms with Gasteiger partial charge in [-0.2, -0.15) is 0 Å². The third-order valence-corrected chi connectivity index (χ3v) is 4.17. The summed E-state index contributed by atoms with van der Waals surface area (Å²) in [5.74, 6) is 0.369. The van der Waals surface area contributed by atoms with Crippen molar-refractivity contribution in [2.24, 2.45) is 0 Å². The van der Waals surface area contributed by atoms with Crippen LogP contribution in [0.1, 0.15) is 21.5 Å². The summed E-state index contributed by atoms with van der Waals surface area (Å²) in [5.41, 5.74) is 8.04. The molecule has 0 bridgehead atoms. The van der Waals surface area contributed by atoms with E-state index in [1.165, 1.54) is 7.11 Å². The molecule has 5 heteroatoms. The van der Waals surface area contributed by atoms with Gasteiger partial charge in [0.1, 0.15) is 5.75 Å². The van der Waals surface area contributed by atoms with Gasteiger partial charge in [0.15, 0.2) is 5.78 Å². The van der Waals surface area contributed by atoms with Gasteiger partial charge in [0.05, 0.1) is 23.4 Å². The van der Waals surface area contributed by atoms with Gasteiger partial charge in [-0.05, 0) is 42.8 Å². The average Bonchev–Trinajstić information content (AvgIpc) is 2.43. The quantitative estimate of drug-likeness (QED) is 0.663. The molecule has 0 atom stereocenters. The van der Waals surface area contributed by atoms with Gasteiger partial charge in [-0.1, -0.05) is 27.5 Å². The number of hydrogen-bond acceptors (Lipinski definition) is 3. The summed E-state index contributed by atoms with van der Waals surface area (Å²) in [7, 11) is 1.54. The van der Waals surface area contributed by atoms with Crippen LogP contribution in [-0.4, -0.2) is 12.9 Å². The number of carbonyl (C=O) groups excluding carboxylic acids is 1. The molecule has 0 saturated heterocycles. The van der Waals surface area contributed by atoms with Crippen molar-refractivity contribution in [2.45, 2.75) is 6.92 Å². The van der Waals surface area contributed by atoms with Crippen LogP contribution in [-0.2, 0) is 0 Å². The highest BCUT2D eigenvalue weighted by Crippen LogP contribution is 2.30. The number of aryl methyl sites for hydroxylation is 1. The van der Waals surface area contributed by atoms with Crippen LogP contribution >= 0.6 is 27.5 Å². The highest BCUT2D eigenvalue weighted by atomic mass is 79.9. The Bertz CT molecular complexity index is 686. The van der Waals surface area contributed by atoms with Crippen LogP contribution in [0.3, 0.4) is 0 Å². The molecule has 0 amide bonds. The summed E-state index contributed by atoms with van der Waals surface area (Å²) < 4.78 is 6.13. The maximum atomic E-state index is 12.6. The molecule has 0 aliphatic carbocycles. The Morgan fingerprint density at radius 3 is 2.60 bits per heavy atom. The lowest BCUT2D eigenvalue weighted by Crippen LogP contribution is -2.05. The minimum absolute atomic E-state index is 0.163. The topological polar surface area (TPSA) is 52.3 Å². The van der Waals surface area contributed by atoms with E-state index in [1.54, 1.807) is 24.3 Å². The molecule has 2 N–H and O–H groups in total. The molecule has 0 saturated carbocycles. The first-order chi connectivity index (χ1) is 9.43. The van der Waals surface area contributed by atoms with Crippen molar-refractivity contribution in [1.82, 2.24) is 0 Å². The fourth-order valence-corrected chi connectivity index (χ4v) is 2.35. The molecule has 0 heterocycles. The number of carbonyl (C=O) groups is 1. The molecule has 0 spiro atoms. The first-order valence-electron chi connectivity index (χ1n) is 5.88. The molecule has 0 fully saturated rings. The van der Waals surface area contributed by atoms with E-state index in [-0.39, 0.29) is 5.78 Å². The second kappa shape index (κ2) is 5.85. The predicted octanol–water partition coefficient (Wildman–Crippen LogP) is 4.23. The molecular weight excluding hydrogens is 342 g/mol. The van der Waals surface area contributed by atoms with Gasteiger partial charge >= 0.3 is 0 Å². The predicted molar refractivity (Wildman–Crippen MR) is 84.7 cm³/mol. The summed E-state index contributed by atoms with van der Waals surface area (Å²) >= 11 is 9.38. The van der Waals surface area contributed by atoms with Gasteiger partial charge in [-0.3, -0.25) is 4.79 Å². The second-order valence-corrected chi connectivity index (χ2v) is 5.63. The molecule has 2 rings (SSSR count). The molecule has 0 aliphatic rings. The van der Waals surface area contributed by atoms with Gasteiger partial charge in [0.25, 0.3) is 0 Å². The number of ether oxygens (including phenoxy) is 1. The lowest BCUT2D eigenvalue weighted by Gasteiger charge is -2.11. The monoisotopic (exact) mass is 353 g/mol. The van der Waals surface area contributed by atoms with Crippen LogP contribution in [0, 0.1) is 6.92 Å². The van der Waals surface area contributed by atoms with Crippen molar-refractivity contribution in [3.8, 4) is 5.75 Å². The third-order valence-electron chi connectivity index (χ3n) is 2.99. The van der Waals surface area contributed by atoms with Crippen LogP contribution in [0.5, 0.6) is 5.75 Å². The normalized spacial score (nSPS) is 10.4. The Morgan fingerprint density at radius 1 is 1.30 bits per heavy atom. The summed E-state index contributed by atoms with van der Waals surface area (Å²) in [6.45, 7) is 1.93. The van der Waals surface area contributed by atoms with Gasteiger partial charge in [-0.15, -0.1) is 0 Å². The van der Waals surface area contributed by atoms with Crippen LogP contribution in [0.15, 0.2) is 34.8 Å². The number of anilines is 1. The number of nitrogens with two attached hydrogens (primary N) is 1. The van der Waals surface area contributed by atoms with Gasteiger partial charge in [0, 0.05) is 10.0 Å². The fraction of sp³-hybridized carbons (Fsp3) is 0.133. The smallest absolute Gasteiger partial charge is 0.196 e. The minimum Gasteiger partial charge on any atom is -0.496 e. The molecule has 2 aromatic carbocycles. The number of benzene rings is 2. The van der Waals surface area contributed by atoms with Crippen molar-refractivity contribution in [1.29, 1.82) is 0 Å². The van der Waals surface area contributed by atoms with Crippen molar-refractivity contribution >= 4 is 39.0 Å². The Kier molecular flexibility index (Phi) is 4.35. The number of halogens is 2. The third kappa shape index (κ3) is 2.81. The Balaban J connectivity index is 2.52. The van der Waals surface area contributed by atoms with E-state index < -0.39 is 0 Å². The zero-order valence-corrected chi connectivity index (χ0v) is 13.4. The zero-order chi connectivity index (χ0) is 14.9. The summed E-state index contributed by atoms with van der Waals surface area (Å²) in [6, 6.07) is 8.39. The van der Waals surface area contributed by atoms with Crippen molar-refractivity contribution in [3.05, 3.63) is 56.5 Å². The Labute approximate surface area is 130 Å². The number of hydrogen-bond donors (Lipinski definition) is 1. The van der Waals surface area contributed by atoms with E-state index in [9.17, 15) is 4.79 Å². The van der Waals surface area contributed by atoms with Gasteiger partial charge in [0.2, 0.25) is 0 Å². The second-order valence-electron chi connectivity index (χ2n) is 4.37. The number of methoxy groups -OCH3 is 1. The fourth-order valence-electron chi connectivity index (χ4n) is 1.83. The van der Waals surface area contributed by atoms with Crippen LogP contribution in [0.25, 0.3) is 0 Å². The number of nitrogen functional groups attached to an aromatic ring is 1. The van der Waals surface area contributed by atoms with Crippen LogP contribution in [0.4, 0.5) is 5.69 Å². The highest BCUT2D eigenvalue weighted by molar-refractivity contribution is 9.10. The zero-order valence-electron chi connectivity index (χ0n) is 11.0. The van der Waals surface area contributed by atoms with Crippen molar-refractivity contribution in [2.75, 3.05) is 12.8 Å². The summed E-state index contributed by atoms with van der Waals surface area (Å²) in [5, 5.41) is 0.362. The van der Waals surface area contributed by atoms with E-state index in [2.05, 4.69) is 15.9 Å². The van der Waals surface area contributed by atoms with E-state index in [0.29, 0.717) is 27.6 Å². The molecular formula is C15H13BrClNO2. The molecule has 0 aliphatic heterocycles. The van der Waals surface area contributed by atoms with E-state index in [4.69, 9.17) is 22.1 Å².